The average molecular weight is 290 g/mol. The van der Waals surface area contributed by atoms with Crippen molar-refractivity contribution < 1.29 is 4.79 Å². The quantitative estimate of drug-likeness (QED) is 0.481. The molecule has 0 spiro atoms. The first-order valence-corrected chi connectivity index (χ1v) is 7.49. The van der Waals surface area contributed by atoms with Gasteiger partial charge in [0.25, 0.3) is 0 Å². The number of amides is 1. The summed E-state index contributed by atoms with van der Waals surface area (Å²) < 4.78 is 0. The SMILES string of the molecule is CC(C(=O)NN)c1ccc(CN2CCC(N(C)C)C2)cc1. The topological polar surface area (TPSA) is 61.6 Å². The van der Waals surface area contributed by atoms with E-state index in [2.05, 4.69) is 41.5 Å². The molecule has 5 nitrogen and oxygen atoms in total. The molecule has 2 rings (SSSR count). The highest BCUT2D eigenvalue weighted by molar-refractivity contribution is 5.82. The third-order valence-corrected chi connectivity index (χ3v) is 4.40. The van der Waals surface area contributed by atoms with Gasteiger partial charge < -0.3 is 4.90 Å². The van der Waals surface area contributed by atoms with E-state index in [0.29, 0.717) is 6.04 Å². The third kappa shape index (κ3) is 4.03. The second kappa shape index (κ2) is 7.02. The van der Waals surface area contributed by atoms with Gasteiger partial charge in [0.1, 0.15) is 0 Å². The van der Waals surface area contributed by atoms with Crippen molar-refractivity contribution in [2.45, 2.75) is 31.8 Å². The molecule has 0 saturated carbocycles. The van der Waals surface area contributed by atoms with Crippen LogP contribution in [0.2, 0.25) is 0 Å². The molecule has 1 aliphatic heterocycles. The number of likely N-dealkylation sites (N-methyl/N-ethyl adjacent to an activating group) is 1. The van der Waals surface area contributed by atoms with Crippen LogP contribution in [-0.4, -0.2) is 48.9 Å². The summed E-state index contributed by atoms with van der Waals surface area (Å²) in [6.07, 6.45) is 1.23. The molecular formula is C16H26N4O. The maximum Gasteiger partial charge on any atom is 0.241 e. The molecule has 21 heavy (non-hydrogen) atoms. The largest absolute Gasteiger partial charge is 0.305 e. The van der Waals surface area contributed by atoms with Crippen LogP contribution < -0.4 is 11.3 Å². The molecular weight excluding hydrogens is 264 g/mol. The predicted molar refractivity (Wildman–Crippen MR) is 84.6 cm³/mol. The first-order valence-electron chi connectivity index (χ1n) is 7.49. The van der Waals surface area contributed by atoms with Crippen LogP contribution in [0.4, 0.5) is 0 Å². The Morgan fingerprint density at radius 1 is 1.43 bits per heavy atom. The highest BCUT2D eigenvalue weighted by Gasteiger charge is 2.23. The number of carbonyl (C=O) groups excluding carboxylic acids is 1. The summed E-state index contributed by atoms with van der Waals surface area (Å²) in [5.41, 5.74) is 4.49. The van der Waals surface area contributed by atoms with Gasteiger partial charge in [0.15, 0.2) is 0 Å². The molecule has 2 atom stereocenters. The van der Waals surface area contributed by atoms with E-state index < -0.39 is 0 Å². The number of benzene rings is 1. The zero-order valence-corrected chi connectivity index (χ0v) is 13.2. The van der Waals surface area contributed by atoms with Gasteiger partial charge in [-0.05, 0) is 38.6 Å². The minimum Gasteiger partial charge on any atom is -0.305 e. The number of hydrogen-bond donors (Lipinski definition) is 2. The van der Waals surface area contributed by atoms with Crippen LogP contribution in [0.25, 0.3) is 0 Å². The Kier molecular flexibility index (Phi) is 5.33. The lowest BCUT2D eigenvalue weighted by atomic mass is 9.99. The minimum absolute atomic E-state index is 0.156. The Morgan fingerprint density at radius 3 is 2.62 bits per heavy atom. The van der Waals surface area contributed by atoms with E-state index in [0.717, 1.165) is 25.2 Å². The fourth-order valence-corrected chi connectivity index (χ4v) is 2.82. The standard InChI is InChI=1S/C16H26N4O/c1-12(16(21)18-17)14-6-4-13(5-7-14)10-20-9-8-15(11-20)19(2)3/h4-7,12,15H,8-11,17H2,1-3H3,(H,18,21). The molecule has 0 radical (unpaired) electrons. The number of rotatable bonds is 5. The highest BCUT2D eigenvalue weighted by Crippen LogP contribution is 2.19. The fraction of sp³-hybridized carbons (Fsp3) is 0.562. The molecule has 2 unspecified atom stereocenters. The summed E-state index contributed by atoms with van der Waals surface area (Å²) in [7, 11) is 4.29. The molecule has 0 aliphatic carbocycles. The number of nitrogens with zero attached hydrogens (tertiary/aromatic N) is 2. The van der Waals surface area contributed by atoms with Crippen LogP contribution in [0, 0.1) is 0 Å². The number of likely N-dealkylation sites (tertiary alicyclic amines) is 1. The molecule has 1 amide bonds. The highest BCUT2D eigenvalue weighted by atomic mass is 16.2. The molecule has 5 heteroatoms. The molecule has 116 valence electrons. The van der Waals surface area contributed by atoms with Gasteiger partial charge >= 0.3 is 0 Å². The molecule has 0 bridgehead atoms. The predicted octanol–water partition coefficient (Wildman–Crippen LogP) is 0.916. The van der Waals surface area contributed by atoms with Crippen molar-refractivity contribution >= 4 is 5.91 Å². The number of hydrazine groups is 1. The molecule has 1 saturated heterocycles. The third-order valence-electron chi connectivity index (χ3n) is 4.40. The minimum atomic E-state index is -0.214. The van der Waals surface area contributed by atoms with Gasteiger partial charge in [0.05, 0.1) is 5.92 Å². The zero-order chi connectivity index (χ0) is 15.4. The van der Waals surface area contributed by atoms with Crippen molar-refractivity contribution in [3.8, 4) is 0 Å². The summed E-state index contributed by atoms with van der Waals surface area (Å²) in [6, 6.07) is 8.93. The van der Waals surface area contributed by atoms with Gasteiger partial charge in [-0.2, -0.15) is 0 Å². The van der Waals surface area contributed by atoms with Crippen molar-refractivity contribution in [3.05, 3.63) is 35.4 Å². The van der Waals surface area contributed by atoms with E-state index in [1.807, 2.05) is 19.1 Å². The van der Waals surface area contributed by atoms with E-state index in [1.54, 1.807) is 0 Å². The van der Waals surface area contributed by atoms with Crippen LogP contribution >= 0.6 is 0 Å². The second-order valence-corrected chi connectivity index (χ2v) is 6.11. The summed E-state index contributed by atoms with van der Waals surface area (Å²) >= 11 is 0. The van der Waals surface area contributed by atoms with Crippen LogP contribution in [0.1, 0.15) is 30.4 Å². The number of nitrogens with one attached hydrogen (secondary N) is 1. The average Bonchev–Trinajstić information content (AvgIpc) is 2.95. The van der Waals surface area contributed by atoms with Crippen molar-refractivity contribution in [2.75, 3.05) is 27.2 Å². The van der Waals surface area contributed by atoms with Gasteiger partial charge in [-0.25, -0.2) is 5.84 Å². The van der Waals surface area contributed by atoms with E-state index in [-0.39, 0.29) is 11.8 Å². The van der Waals surface area contributed by atoms with Gasteiger partial charge in [-0.15, -0.1) is 0 Å². The van der Waals surface area contributed by atoms with Crippen LogP contribution in [0.3, 0.4) is 0 Å². The Balaban J connectivity index is 1.93. The van der Waals surface area contributed by atoms with Crippen molar-refractivity contribution in [1.29, 1.82) is 0 Å². The molecule has 1 heterocycles. The zero-order valence-electron chi connectivity index (χ0n) is 13.2. The number of nitrogens with two attached hydrogens (primary N) is 1. The first-order chi connectivity index (χ1) is 10.0. The van der Waals surface area contributed by atoms with Gasteiger partial charge in [-0.1, -0.05) is 24.3 Å². The summed E-state index contributed by atoms with van der Waals surface area (Å²) in [4.78, 5) is 16.3. The maximum absolute atomic E-state index is 11.5. The lowest BCUT2D eigenvalue weighted by molar-refractivity contribution is -0.122. The molecule has 0 aromatic heterocycles. The first kappa shape index (κ1) is 15.9. The molecule has 1 aliphatic rings. The lowest BCUT2D eigenvalue weighted by Gasteiger charge is -2.20. The normalized spacial score (nSPS) is 20.7. The maximum atomic E-state index is 11.5. The fourth-order valence-electron chi connectivity index (χ4n) is 2.82. The van der Waals surface area contributed by atoms with Crippen molar-refractivity contribution in [1.82, 2.24) is 15.2 Å². The summed E-state index contributed by atoms with van der Waals surface area (Å²) in [6.45, 7) is 5.11. The van der Waals surface area contributed by atoms with Crippen LogP contribution in [0.15, 0.2) is 24.3 Å². The lowest BCUT2D eigenvalue weighted by Crippen LogP contribution is -2.33. The van der Waals surface area contributed by atoms with Gasteiger partial charge in [0, 0.05) is 25.7 Å². The smallest absolute Gasteiger partial charge is 0.241 e. The summed E-state index contributed by atoms with van der Waals surface area (Å²) in [5, 5.41) is 0. The number of carbonyl (C=O) groups is 1. The van der Waals surface area contributed by atoms with Crippen LogP contribution in [-0.2, 0) is 11.3 Å². The van der Waals surface area contributed by atoms with Gasteiger partial charge in [-0.3, -0.25) is 15.1 Å². The Labute approximate surface area is 127 Å². The number of hydrogen-bond acceptors (Lipinski definition) is 4. The Morgan fingerprint density at radius 2 is 2.10 bits per heavy atom. The van der Waals surface area contributed by atoms with Crippen molar-refractivity contribution in [3.63, 3.8) is 0 Å². The van der Waals surface area contributed by atoms with Gasteiger partial charge in [0.2, 0.25) is 5.91 Å². The monoisotopic (exact) mass is 290 g/mol. The van der Waals surface area contributed by atoms with E-state index in [4.69, 9.17) is 5.84 Å². The van der Waals surface area contributed by atoms with Crippen LogP contribution in [0.5, 0.6) is 0 Å². The van der Waals surface area contributed by atoms with E-state index in [9.17, 15) is 4.79 Å². The molecule has 3 N–H and O–H groups in total. The molecule has 1 aromatic carbocycles. The van der Waals surface area contributed by atoms with Crippen molar-refractivity contribution in [2.24, 2.45) is 5.84 Å². The summed E-state index contributed by atoms with van der Waals surface area (Å²) in [5.74, 6) is 4.81. The molecule has 1 aromatic rings. The van der Waals surface area contributed by atoms with E-state index in [1.165, 1.54) is 12.0 Å². The van der Waals surface area contributed by atoms with E-state index >= 15 is 0 Å². The second-order valence-electron chi connectivity index (χ2n) is 6.11. The Hall–Kier alpha value is -1.43. The molecule has 1 fully saturated rings. The Bertz CT molecular complexity index is 472.